The van der Waals surface area contributed by atoms with E-state index >= 15 is 0 Å². The number of aromatic nitrogens is 3. The number of carbonyl (C=O) groups excluding carboxylic acids is 1. The number of amides is 1. The van der Waals surface area contributed by atoms with E-state index in [1.54, 1.807) is 0 Å². The normalized spacial score (nSPS) is 12.1. The molecule has 3 aromatic carbocycles. The number of nitrogens with one attached hydrogen (secondary N) is 1. The largest absolute Gasteiger partial charge is 0.325 e. The minimum Gasteiger partial charge on any atom is -0.325 e. The number of hydrogen-bond donors (Lipinski definition) is 1. The van der Waals surface area contributed by atoms with Gasteiger partial charge in [0.2, 0.25) is 5.91 Å². The summed E-state index contributed by atoms with van der Waals surface area (Å²) >= 11 is 7.63. The van der Waals surface area contributed by atoms with Crippen LogP contribution in [0.5, 0.6) is 0 Å². The molecule has 4 rings (SSSR count). The Morgan fingerprint density at radius 3 is 2.55 bits per heavy atom. The maximum absolute atomic E-state index is 12.7. The fourth-order valence-corrected chi connectivity index (χ4v) is 4.05. The highest BCUT2D eigenvalue weighted by molar-refractivity contribution is 8.00. The van der Waals surface area contributed by atoms with Crippen LogP contribution in [0.2, 0.25) is 5.02 Å². The molecule has 0 saturated heterocycles. The molecule has 29 heavy (non-hydrogen) atoms. The molecule has 4 aromatic rings. The molecule has 1 amide bonds. The SMILES string of the molecule is CC(Sc1nnc(-c2ccccc2Cl)n1C)C(=O)Nc1ccc2ccccc2c1. The van der Waals surface area contributed by atoms with Crippen molar-refractivity contribution in [2.45, 2.75) is 17.3 Å². The molecule has 7 heteroatoms. The molecule has 0 radical (unpaired) electrons. The average molecular weight is 423 g/mol. The molecular formula is C22H19ClN4OS. The summed E-state index contributed by atoms with van der Waals surface area (Å²) in [4.78, 5) is 12.7. The molecule has 1 N–H and O–H groups in total. The predicted molar refractivity (Wildman–Crippen MR) is 119 cm³/mol. The third kappa shape index (κ3) is 4.13. The van der Waals surface area contributed by atoms with Gasteiger partial charge in [0.1, 0.15) is 0 Å². The molecule has 5 nitrogen and oxygen atoms in total. The fraction of sp³-hybridized carbons (Fsp3) is 0.136. The Balaban J connectivity index is 1.48. The second kappa shape index (κ2) is 8.27. The summed E-state index contributed by atoms with van der Waals surface area (Å²) in [5, 5.41) is 14.6. The van der Waals surface area contributed by atoms with Gasteiger partial charge in [-0.25, -0.2) is 0 Å². The molecule has 146 valence electrons. The number of nitrogens with zero attached hydrogens (tertiary/aromatic N) is 3. The maximum atomic E-state index is 12.7. The van der Waals surface area contributed by atoms with Crippen LogP contribution in [0.15, 0.2) is 71.9 Å². The highest BCUT2D eigenvalue weighted by atomic mass is 35.5. The molecule has 0 aliphatic rings. The number of benzene rings is 3. The Bertz CT molecular complexity index is 1190. The van der Waals surface area contributed by atoms with Crippen molar-refractivity contribution >= 4 is 45.7 Å². The summed E-state index contributed by atoms with van der Waals surface area (Å²) in [5.74, 6) is 0.577. The van der Waals surface area contributed by atoms with Crippen molar-refractivity contribution in [3.8, 4) is 11.4 Å². The van der Waals surface area contributed by atoms with E-state index < -0.39 is 0 Å². The van der Waals surface area contributed by atoms with Crippen molar-refractivity contribution in [3.63, 3.8) is 0 Å². The van der Waals surface area contributed by atoms with Crippen molar-refractivity contribution in [3.05, 3.63) is 71.8 Å². The van der Waals surface area contributed by atoms with Crippen LogP contribution in [0.1, 0.15) is 6.92 Å². The lowest BCUT2D eigenvalue weighted by Crippen LogP contribution is -2.22. The number of fused-ring (bicyclic) bond motifs is 1. The molecule has 0 fully saturated rings. The van der Waals surface area contributed by atoms with Gasteiger partial charge in [0.25, 0.3) is 0 Å². The van der Waals surface area contributed by atoms with Crippen LogP contribution >= 0.6 is 23.4 Å². The van der Waals surface area contributed by atoms with Gasteiger partial charge in [0.05, 0.1) is 10.3 Å². The fourth-order valence-electron chi connectivity index (χ4n) is 3.02. The lowest BCUT2D eigenvalue weighted by Gasteiger charge is -2.12. The molecule has 1 unspecified atom stereocenters. The molecule has 1 heterocycles. The number of rotatable bonds is 5. The summed E-state index contributed by atoms with van der Waals surface area (Å²) in [6, 6.07) is 21.4. The summed E-state index contributed by atoms with van der Waals surface area (Å²) in [7, 11) is 1.87. The number of hydrogen-bond acceptors (Lipinski definition) is 4. The van der Waals surface area contributed by atoms with Gasteiger partial charge in [-0.05, 0) is 42.0 Å². The van der Waals surface area contributed by atoms with Gasteiger partial charge in [-0.2, -0.15) is 0 Å². The van der Waals surface area contributed by atoms with Crippen LogP contribution < -0.4 is 5.32 Å². The Hall–Kier alpha value is -2.83. The Kier molecular flexibility index (Phi) is 5.56. The Labute approximate surface area is 178 Å². The van der Waals surface area contributed by atoms with Crippen LogP contribution in [-0.4, -0.2) is 25.9 Å². The smallest absolute Gasteiger partial charge is 0.237 e. The first-order valence-electron chi connectivity index (χ1n) is 9.13. The van der Waals surface area contributed by atoms with E-state index in [9.17, 15) is 4.79 Å². The molecule has 0 aliphatic heterocycles. The topological polar surface area (TPSA) is 59.8 Å². The van der Waals surface area contributed by atoms with Gasteiger partial charge in [0.15, 0.2) is 11.0 Å². The molecular weight excluding hydrogens is 404 g/mol. The van der Waals surface area contributed by atoms with E-state index in [1.165, 1.54) is 11.8 Å². The van der Waals surface area contributed by atoms with Crippen LogP contribution in [0.25, 0.3) is 22.2 Å². The van der Waals surface area contributed by atoms with E-state index in [0.29, 0.717) is 16.0 Å². The third-order valence-electron chi connectivity index (χ3n) is 4.62. The van der Waals surface area contributed by atoms with Gasteiger partial charge in [-0.15, -0.1) is 10.2 Å². The summed E-state index contributed by atoms with van der Waals surface area (Å²) in [6.07, 6.45) is 0. The number of anilines is 1. The Morgan fingerprint density at radius 2 is 1.76 bits per heavy atom. The molecule has 0 spiro atoms. The zero-order chi connectivity index (χ0) is 20.4. The first kappa shape index (κ1) is 19.5. The highest BCUT2D eigenvalue weighted by Gasteiger charge is 2.20. The van der Waals surface area contributed by atoms with Crippen molar-refractivity contribution in [2.24, 2.45) is 7.05 Å². The second-order valence-electron chi connectivity index (χ2n) is 6.66. The molecule has 0 aliphatic carbocycles. The summed E-state index contributed by atoms with van der Waals surface area (Å²) < 4.78 is 1.85. The second-order valence-corrected chi connectivity index (χ2v) is 8.37. The zero-order valence-electron chi connectivity index (χ0n) is 16.0. The quantitative estimate of drug-likeness (QED) is 0.437. The zero-order valence-corrected chi connectivity index (χ0v) is 17.5. The lowest BCUT2D eigenvalue weighted by molar-refractivity contribution is -0.115. The average Bonchev–Trinajstić information content (AvgIpc) is 3.08. The van der Waals surface area contributed by atoms with Gasteiger partial charge in [0, 0.05) is 18.3 Å². The van der Waals surface area contributed by atoms with E-state index in [0.717, 1.165) is 22.0 Å². The molecule has 0 saturated carbocycles. The van der Waals surface area contributed by atoms with Crippen LogP contribution in [0.3, 0.4) is 0 Å². The number of halogens is 1. The Morgan fingerprint density at radius 1 is 1.03 bits per heavy atom. The summed E-state index contributed by atoms with van der Waals surface area (Å²) in [5.41, 5.74) is 1.58. The third-order valence-corrected chi connectivity index (χ3v) is 6.08. The van der Waals surface area contributed by atoms with Gasteiger partial charge >= 0.3 is 0 Å². The summed E-state index contributed by atoms with van der Waals surface area (Å²) in [6.45, 7) is 1.85. The minimum atomic E-state index is -0.344. The number of thioether (sulfide) groups is 1. The van der Waals surface area contributed by atoms with Gasteiger partial charge in [-0.1, -0.05) is 65.8 Å². The molecule has 1 aromatic heterocycles. The first-order valence-corrected chi connectivity index (χ1v) is 10.4. The lowest BCUT2D eigenvalue weighted by atomic mass is 10.1. The van der Waals surface area contributed by atoms with Crippen molar-refractivity contribution < 1.29 is 4.79 Å². The monoisotopic (exact) mass is 422 g/mol. The van der Waals surface area contributed by atoms with Crippen molar-refractivity contribution in [2.75, 3.05) is 5.32 Å². The predicted octanol–water partition coefficient (Wildman–Crippen LogP) is 5.41. The minimum absolute atomic E-state index is 0.0902. The van der Waals surface area contributed by atoms with Gasteiger partial charge in [-0.3, -0.25) is 4.79 Å². The van der Waals surface area contributed by atoms with Crippen LogP contribution in [0.4, 0.5) is 5.69 Å². The molecule has 1 atom stereocenters. The van der Waals surface area contributed by atoms with E-state index in [1.807, 2.05) is 85.3 Å². The van der Waals surface area contributed by atoms with Crippen LogP contribution in [-0.2, 0) is 11.8 Å². The van der Waals surface area contributed by atoms with Crippen LogP contribution in [0, 0.1) is 0 Å². The standard InChI is InChI=1S/C22H19ClN4OS/c1-14(21(28)24-17-12-11-15-7-3-4-8-16(15)13-17)29-22-26-25-20(27(22)2)18-9-5-6-10-19(18)23/h3-14H,1-2H3,(H,24,28). The van der Waals surface area contributed by atoms with E-state index in [4.69, 9.17) is 11.6 Å². The van der Waals surface area contributed by atoms with E-state index in [-0.39, 0.29) is 11.2 Å². The highest BCUT2D eigenvalue weighted by Crippen LogP contribution is 2.30. The van der Waals surface area contributed by atoms with Crippen molar-refractivity contribution in [1.29, 1.82) is 0 Å². The maximum Gasteiger partial charge on any atom is 0.237 e. The van der Waals surface area contributed by atoms with Crippen molar-refractivity contribution in [1.82, 2.24) is 14.8 Å². The van der Waals surface area contributed by atoms with Gasteiger partial charge < -0.3 is 9.88 Å². The number of carbonyl (C=O) groups is 1. The first-order chi connectivity index (χ1) is 14.0. The molecule has 0 bridgehead atoms. The van der Waals surface area contributed by atoms with E-state index in [2.05, 4.69) is 15.5 Å².